The Bertz CT molecular complexity index is 336. The number of nitrogens with zero attached hydrogens (tertiary/aromatic N) is 1. The van der Waals surface area contributed by atoms with E-state index in [2.05, 4.69) is 0 Å². The van der Waals surface area contributed by atoms with Crippen molar-refractivity contribution in [2.24, 2.45) is 5.73 Å². The lowest BCUT2D eigenvalue weighted by molar-refractivity contribution is -0.129. The first-order valence-electron chi connectivity index (χ1n) is 5.13. The van der Waals surface area contributed by atoms with Crippen LogP contribution in [0.5, 0.6) is 0 Å². The van der Waals surface area contributed by atoms with E-state index in [9.17, 15) is 4.79 Å². The van der Waals surface area contributed by atoms with E-state index in [0.717, 1.165) is 5.56 Å². The summed E-state index contributed by atoms with van der Waals surface area (Å²) >= 11 is 0. The minimum absolute atomic E-state index is 0.117. The molecule has 0 atom stereocenters. The van der Waals surface area contributed by atoms with Crippen LogP contribution >= 0.6 is 0 Å². The highest BCUT2D eigenvalue weighted by Crippen LogP contribution is 2.05. The van der Waals surface area contributed by atoms with Crippen LogP contribution in [0.3, 0.4) is 0 Å². The summed E-state index contributed by atoms with van der Waals surface area (Å²) in [6.45, 7) is 3.15. The van der Waals surface area contributed by atoms with Gasteiger partial charge in [0, 0.05) is 20.1 Å². The van der Waals surface area contributed by atoms with E-state index in [4.69, 9.17) is 5.73 Å². The maximum atomic E-state index is 11.7. The quantitative estimate of drug-likeness (QED) is 0.797. The predicted octanol–water partition coefficient (Wildman–Crippen LogP) is 0.955. The lowest BCUT2D eigenvalue weighted by atomic mass is 10.1. The summed E-state index contributed by atoms with van der Waals surface area (Å²) in [7, 11) is 1.78. The standard InChI is InChI=1S/C12H18N2O/c1-10-4-3-5-11(8-10)9-12(15)14(2)7-6-13/h3-5,8H,6-7,9,13H2,1-2H3. The molecule has 0 spiro atoms. The second-order valence-electron chi connectivity index (χ2n) is 3.77. The molecule has 15 heavy (non-hydrogen) atoms. The maximum Gasteiger partial charge on any atom is 0.226 e. The first kappa shape index (κ1) is 11.7. The average molecular weight is 206 g/mol. The lowest BCUT2D eigenvalue weighted by Gasteiger charge is -2.15. The van der Waals surface area contributed by atoms with Crippen LogP contribution in [-0.4, -0.2) is 30.9 Å². The molecule has 3 heteroatoms. The molecule has 0 bridgehead atoms. The van der Waals surface area contributed by atoms with Crippen LogP contribution < -0.4 is 5.73 Å². The zero-order valence-corrected chi connectivity index (χ0v) is 9.36. The van der Waals surface area contributed by atoms with Crippen molar-refractivity contribution in [3.8, 4) is 0 Å². The van der Waals surface area contributed by atoms with Gasteiger partial charge in [-0.25, -0.2) is 0 Å². The van der Waals surface area contributed by atoms with Crippen molar-refractivity contribution in [1.82, 2.24) is 4.90 Å². The number of likely N-dealkylation sites (N-methyl/N-ethyl adjacent to an activating group) is 1. The average Bonchev–Trinajstić information content (AvgIpc) is 2.18. The summed E-state index contributed by atoms with van der Waals surface area (Å²) in [6.07, 6.45) is 0.457. The van der Waals surface area contributed by atoms with E-state index < -0.39 is 0 Å². The number of benzene rings is 1. The van der Waals surface area contributed by atoms with Gasteiger partial charge >= 0.3 is 0 Å². The van der Waals surface area contributed by atoms with E-state index >= 15 is 0 Å². The Hall–Kier alpha value is -1.35. The monoisotopic (exact) mass is 206 g/mol. The number of aryl methyl sites for hydroxylation is 1. The number of nitrogens with two attached hydrogens (primary N) is 1. The van der Waals surface area contributed by atoms with Crippen molar-refractivity contribution < 1.29 is 4.79 Å². The Morgan fingerprint density at radius 3 is 2.80 bits per heavy atom. The molecule has 0 fully saturated rings. The summed E-state index contributed by atoms with van der Waals surface area (Å²) in [5.74, 6) is 0.117. The number of rotatable bonds is 4. The lowest BCUT2D eigenvalue weighted by Crippen LogP contribution is -2.32. The number of hydrogen-bond donors (Lipinski definition) is 1. The maximum absolute atomic E-state index is 11.7. The first-order valence-corrected chi connectivity index (χ1v) is 5.13. The molecule has 0 radical (unpaired) electrons. The zero-order chi connectivity index (χ0) is 11.3. The summed E-state index contributed by atoms with van der Waals surface area (Å²) in [5, 5.41) is 0. The van der Waals surface area contributed by atoms with Gasteiger partial charge in [-0.2, -0.15) is 0 Å². The van der Waals surface area contributed by atoms with E-state index in [1.807, 2.05) is 31.2 Å². The third-order valence-electron chi connectivity index (χ3n) is 2.33. The van der Waals surface area contributed by atoms with Crippen LogP contribution in [-0.2, 0) is 11.2 Å². The molecule has 0 heterocycles. The third-order valence-corrected chi connectivity index (χ3v) is 2.33. The van der Waals surface area contributed by atoms with Gasteiger partial charge in [-0.15, -0.1) is 0 Å². The molecular weight excluding hydrogens is 188 g/mol. The van der Waals surface area contributed by atoms with E-state index in [1.54, 1.807) is 11.9 Å². The largest absolute Gasteiger partial charge is 0.344 e. The molecule has 1 aromatic carbocycles. The van der Waals surface area contributed by atoms with Crippen molar-refractivity contribution >= 4 is 5.91 Å². The molecule has 0 aliphatic carbocycles. The van der Waals surface area contributed by atoms with Gasteiger partial charge in [-0.05, 0) is 12.5 Å². The highest BCUT2D eigenvalue weighted by Gasteiger charge is 2.08. The fourth-order valence-electron chi connectivity index (χ4n) is 1.45. The van der Waals surface area contributed by atoms with E-state index in [0.29, 0.717) is 19.5 Å². The molecule has 3 nitrogen and oxygen atoms in total. The number of hydrogen-bond acceptors (Lipinski definition) is 2. The first-order chi connectivity index (χ1) is 7.13. The van der Waals surface area contributed by atoms with Crippen LogP contribution in [0, 0.1) is 6.92 Å². The molecule has 1 rings (SSSR count). The minimum Gasteiger partial charge on any atom is -0.344 e. The van der Waals surface area contributed by atoms with Gasteiger partial charge in [-0.3, -0.25) is 4.79 Å². The highest BCUT2D eigenvalue weighted by atomic mass is 16.2. The van der Waals surface area contributed by atoms with Crippen molar-refractivity contribution in [2.75, 3.05) is 20.1 Å². The second-order valence-corrected chi connectivity index (χ2v) is 3.77. The van der Waals surface area contributed by atoms with Crippen molar-refractivity contribution in [3.63, 3.8) is 0 Å². The summed E-state index contributed by atoms with van der Waals surface area (Å²) in [5.41, 5.74) is 7.63. The molecule has 2 N–H and O–H groups in total. The smallest absolute Gasteiger partial charge is 0.226 e. The Morgan fingerprint density at radius 1 is 1.47 bits per heavy atom. The van der Waals surface area contributed by atoms with Gasteiger partial charge in [0.2, 0.25) is 5.91 Å². The molecule has 0 saturated heterocycles. The van der Waals surface area contributed by atoms with Crippen LogP contribution in [0.25, 0.3) is 0 Å². The van der Waals surface area contributed by atoms with Crippen molar-refractivity contribution in [2.45, 2.75) is 13.3 Å². The second kappa shape index (κ2) is 5.51. The molecular formula is C12H18N2O. The molecule has 1 amide bonds. The van der Waals surface area contributed by atoms with Crippen LogP contribution in [0.2, 0.25) is 0 Å². The number of carbonyl (C=O) groups is 1. The molecule has 0 aliphatic heterocycles. The molecule has 0 unspecified atom stereocenters. The van der Waals surface area contributed by atoms with Crippen LogP contribution in [0.15, 0.2) is 24.3 Å². The van der Waals surface area contributed by atoms with E-state index in [1.165, 1.54) is 5.56 Å². The topological polar surface area (TPSA) is 46.3 Å². The third kappa shape index (κ3) is 3.72. The Labute approximate surface area is 90.9 Å². The summed E-state index contributed by atoms with van der Waals surface area (Å²) < 4.78 is 0. The Kier molecular flexibility index (Phi) is 4.31. The van der Waals surface area contributed by atoms with E-state index in [-0.39, 0.29) is 5.91 Å². The number of amides is 1. The van der Waals surface area contributed by atoms with Gasteiger partial charge in [0.15, 0.2) is 0 Å². The van der Waals surface area contributed by atoms with Gasteiger partial charge in [0.1, 0.15) is 0 Å². The number of carbonyl (C=O) groups excluding carboxylic acids is 1. The summed E-state index contributed by atoms with van der Waals surface area (Å²) in [6, 6.07) is 8.01. The Balaban J connectivity index is 2.58. The fraction of sp³-hybridized carbons (Fsp3) is 0.417. The van der Waals surface area contributed by atoms with Crippen molar-refractivity contribution in [1.29, 1.82) is 0 Å². The SMILES string of the molecule is Cc1cccc(CC(=O)N(C)CCN)c1. The fourth-order valence-corrected chi connectivity index (χ4v) is 1.45. The van der Waals surface area contributed by atoms with Crippen molar-refractivity contribution in [3.05, 3.63) is 35.4 Å². The van der Waals surface area contributed by atoms with Gasteiger partial charge in [0.05, 0.1) is 6.42 Å². The Morgan fingerprint density at radius 2 is 2.20 bits per heavy atom. The molecule has 0 aromatic heterocycles. The molecule has 0 saturated carbocycles. The highest BCUT2D eigenvalue weighted by molar-refractivity contribution is 5.78. The molecule has 82 valence electrons. The minimum atomic E-state index is 0.117. The normalized spacial score (nSPS) is 10.1. The van der Waals surface area contributed by atoms with Gasteiger partial charge in [-0.1, -0.05) is 29.8 Å². The van der Waals surface area contributed by atoms with Gasteiger partial charge < -0.3 is 10.6 Å². The van der Waals surface area contributed by atoms with Crippen LogP contribution in [0.4, 0.5) is 0 Å². The zero-order valence-electron chi connectivity index (χ0n) is 9.36. The summed E-state index contributed by atoms with van der Waals surface area (Å²) in [4.78, 5) is 13.4. The van der Waals surface area contributed by atoms with Gasteiger partial charge in [0.25, 0.3) is 0 Å². The molecule has 1 aromatic rings. The predicted molar refractivity (Wildman–Crippen MR) is 61.6 cm³/mol. The molecule has 0 aliphatic rings. The van der Waals surface area contributed by atoms with Crippen LogP contribution in [0.1, 0.15) is 11.1 Å².